The molecular weight excluding hydrogens is 324 g/mol. The monoisotopic (exact) mass is 348 g/mol. The molecule has 0 aliphatic rings. The summed E-state index contributed by atoms with van der Waals surface area (Å²) in [4.78, 5) is 8.73. The van der Waals surface area contributed by atoms with Crippen molar-refractivity contribution in [3.8, 4) is 5.69 Å². The van der Waals surface area contributed by atoms with Crippen molar-refractivity contribution in [3.63, 3.8) is 0 Å². The van der Waals surface area contributed by atoms with Crippen LogP contribution in [0.3, 0.4) is 0 Å². The first-order chi connectivity index (χ1) is 12.7. The highest BCUT2D eigenvalue weighted by atomic mass is 15.3. The summed E-state index contributed by atoms with van der Waals surface area (Å²) in [5.41, 5.74) is 4.38. The second-order valence-corrected chi connectivity index (χ2v) is 6.10. The minimum atomic E-state index is 0.0986. The highest BCUT2D eigenvalue weighted by molar-refractivity contribution is 5.80. The number of aromatic nitrogens is 3. The third-order valence-electron chi connectivity index (χ3n) is 4.26. The third kappa shape index (κ3) is 4.27. The Morgan fingerprint density at radius 3 is 2.81 bits per heavy atom. The highest BCUT2D eigenvalue weighted by Crippen LogP contribution is 2.16. The van der Waals surface area contributed by atoms with Crippen LogP contribution < -0.4 is 10.6 Å². The van der Waals surface area contributed by atoms with Gasteiger partial charge in [0.15, 0.2) is 5.96 Å². The molecule has 3 rings (SSSR count). The van der Waals surface area contributed by atoms with Gasteiger partial charge in [-0.3, -0.25) is 9.98 Å². The summed E-state index contributed by atoms with van der Waals surface area (Å²) in [5, 5.41) is 11.0. The van der Waals surface area contributed by atoms with Gasteiger partial charge in [-0.1, -0.05) is 18.2 Å². The van der Waals surface area contributed by atoms with Crippen LogP contribution >= 0.6 is 0 Å². The van der Waals surface area contributed by atoms with Gasteiger partial charge >= 0.3 is 0 Å². The summed E-state index contributed by atoms with van der Waals surface area (Å²) in [6.45, 7) is 4.80. The molecule has 2 N–H and O–H groups in total. The van der Waals surface area contributed by atoms with Crippen LogP contribution in [0.2, 0.25) is 0 Å². The molecule has 0 saturated heterocycles. The molecule has 3 aromatic rings. The van der Waals surface area contributed by atoms with Gasteiger partial charge in [0.05, 0.1) is 24.0 Å². The van der Waals surface area contributed by atoms with Crippen molar-refractivity contribution in [1.29, 1.82) is 0 Å². The van der Waals surface area contributed by atoms with E-state index in [1.807, 2.05) is 41.3 Å². The van der Waals surface area contributed by atoms with Crippen LogP contribution in [0.4, 0.5) is 0 Å². The molecule has 6 nitrogen and oxygen atoms in total. The number of aliphatic imine (C=N–C) groups is 1. The van der Waals surface area contributed by atoms with Gasteiger partial charge in [-0.05, 0) is 49.2 Å². The fourth-order valence-electron chi connectivity index (χ4n) is 2.71. The largest absolute Gasteiger partial charge is 0.351 e. The molecule has 0 bridgehead atoms. The maximum absolute atomic E-state index is 4.41. The summed E-state index contributed by atoms with van der Waals surface area (Å²) >= 11 is 0. The van der Waals surface area contributed by atoms with Gasteiger partial charge in [0.1, 0.15) is 0 Å². The maximum Gasteiger partial charge on any atom is 0.191 e. The zero-order valence-electron chi connectivity index (χ0n) is 15.3. The molecule has 0 amide bonds. The van der Waals surface area contributed by atoms with Gasteiger partial charge in [-0.2, -0.15) is 5.10 Å². The SMILES string of the molecule is CN=C(NCc1ncccc1C)NC(C)c1cccc(-n2cccn2)c1. The molecule has 1 aromatic carbocycles. The molecular formula is C20H24N6. The summed E-state index contributed by atoms with van der Waals surface area (Å²) in [6.07, 6.45) is 5.52. The van der Waals surface area contributed by atoms with Gasteiger partial charge < -0.3 is 10.6 Å². The van der Waals surface area contributed by atoms with Gasteiger partial charge in [0, 0.05) is 25.6 Å². The van der Waals surface area contributed by atoms with Crippen molar-refractivity contribution < 1.29 is 0 Å². The Kier molecular flexibility index (Phi) is 5.63. The predicted molar refractivity (Wildman–Crippen MR) is 104 cm³/mol. The van der Waals surface area contributed by atoms with E-state index in [9.17, 15) is 0 Å². The zero-order valence-corrected chi connectivity index (χ0v) is 15.3. The van der Waals surface area contributed by atoms with Crippen LogP contribution in [0.5, 0.6) is 0 Å². The van der Waals surface area contributed by atoms with Crippen molar-refractivity contribution >= 4 is 5.96 Å². The minimum absolute atomic E-state index is 0.0986. The Hall–Kier alpha value is -3.15. The van der Waals surface area contributed by atoms with Crippen LogP contribution in [-0.2, 0) is 6.54 Å². The fraction of sp³-hybridized carbons (Fsp3) is 0.250. The first-order valence-electron chi connectivity index (χ1n) is 8.65. The van der Waals surface area contributed by atoms with Crippen molar-refractivity contribution in [2.24, 2.45) is 4.99 Å². The van der Waals surface area contributed by atoms with E-state index in [1.165, 1.54) is 0 Å². The quantitative estimate of drug-likeness (QED) is 0.549. The Morgan fingerprint density at radius 2 is 2.08 bits per heavy atom. The van der Waals surface area contributed by atoms with Crippen LogP contribution in [0.15, 0.2) is 66.0 Å². The lowest BCUT2D eigenvalue weighted by Gasteiger charge is -2.19. The average molecular weight is 348 g/mol. The summed E-state index contributed by atoms with van der Waals surface area (Å²) in [6, 6.07) is 14.3. The summed E-state index contributed by atoms with van der Waals surface area (Å²) < 4.78 is 1.85. The van der Waals surface area contributed by atoms with E-state index in [0.29, 0.717) is 6.54 Å². The Morgan fingerprint density at radius 1 is 1.19 bits per heavy atom. The van der Waals surface area contributed by atoms with Crippen LogP contribution in [-0.4, -0.2) is 27.8 Å². The van der Waals surface area contributed by atoms with E-state index in [-0.39, 0.29) is 6.04 Å². The van der Waals surface area contributed by atoms with Gasteiger partial charge in [0.25, 0.3) is 0 Å². The van der Waals surface area contributed by atoms with E-state index in [1.54, 1.807) is 13.2 Å². The first-order valence-corrected chi connectivity index (χ1v) is 8.65. The smallest absolute Gasteiger partial charge is 0.191 e. The minimum Gasteiger partial charge on any atom is -0.351 e. The van der Waals surface area contributed by atoms with Gasteiger partial charge in [-0.15, -0.1) is 0 Å². The van der Waals surface area contributed by atoms with E-state index in [4.69, 9.17) is 0 Å². The molecule has 134 valence electrons. The topological polar surface area (TPSA) is 67.1 Å². The van der Waals surface area contributed by atoms with Crippen molar-refractivity contribution in [1.82, 2.24) is 25.4 Å². The molecule has 0 aliphatic carbocycles. The summed E-state index contributed by atoms with van der Waals surface area (Å²) in [5.74, 6) is 0.743. The molecule has 26 heavy (non-hydrogen) atoms. The number of benzene rings is 1. The normalized spacial score (nSPS) is 12.7. The highest BCUT2D eigenvalue weighted by Gasteiger charge is 2.10. The number of hydrogen-bond donors (Lipinski definition) is 2. The number of nitrogens with one attached hydrogen (secondary N) is 2. The second-order valence-electron chi connectivity index (χ2n) is 6.10. The standard InChI is InChI=1S/C20H24N6/c1-15-7-5-10-22-19(15)14-23-20(21-3)25-16(2)17-8-4-9-18(13-17)26-12-6-11-24-26/h4-13,16H,14H2,1-3H3,(H2,21,23,25). The van der Waals surface area contributed by atoms with Gasteiger partial charge in [-0.25, -0.2) is 4.68 Å². The average Bonchev–Trinajstić information content (AvgIpc) is 3.21. The number of aryl methyl sites for hydroxylation is 1. The maximum atomic E-state index is 4.41. The zero-order chi connectivity index (χ0) is 18.4. The number of rotatable bonds is 5. The van der Waals surface area contributed by atoms with Crippen LogP contribution in [0.25, 0.3) is 5.69 Å². The molecule has 1 unspecified atom stereocenters. The second kappa shape index (κ2) is 8.29. The summed E-state index contributed by atoms with van der Waals surface area (Å²) in [7, 11) is 1.77. The molecule has 0 spiro atoms. The molecule has 0 saturated carbocycles. The van der Waals surface area contributed by atoms with Crippen molar-refractivity contribution in [2.75, 3.05) is 7.05 Å². The Bertz CT molecular complexity index is 870. The van der Waals surface area contributed by atoms with Gasteiger partial charge in [0.2, 0.25) is 0 Å². The number of guanidine groups is 1. The van der Waals surface area contributed by atoms with Crippen molar-refractivity contribution in [2.45, 2.75) is 26.4 Å². The number of nitrogens with zero attached hydrogens (tertiary/aromatic N) is 4. The lowest BCUT2D eigenvalue weighted by molar-refractivity contribution is 0.681. The lowest BCUT2D eigenvalue weighted by atomic mass is 10.1. The van der Waals surface area contributed by atoms with E-state index >= 15 is 0 Å². The molecule has 1 atom stereocenters. The number of pyridine rings is 1. The van der Waals surface area contributed by atoms with Crippen LogP contribution in [0, 0.1) is 6.92 Å². The number of hydrogen-bond acceptors (Lipinski definition) is 3. The Labute approximate surface area is 154 Å². The molecule has 2 heterocycles. The molecule has 6 heteroatoms. The fourth-order valence-corrected chi connectivity index (χ4v) is 2.71. The molecule has 0 fully saturated rings. The molecule has 0 aliphatic heterocycles. The first kappa shape index (κ1) is 17.7. The van der Waals surface area contributed by atoms with E-state index in [2.05, 4.69) is 57.8 Å². The lowest BCUT2D eigenvalue weighted by Crippen LogP contribution is -2.38. The predicted octanol–water partition coefficient (Wildman–Crippen LogP) is 3.00. The molecule has 2 aromatic heterocycles. The van der Waals surface area contributed by atoms with Crippen molar-refractivity contribution in [3.05, 3.63) is 77.9 Å². The molecule has 0 radical (unpaired) electrons. The van der Waals surface area contributed by atoms with Crippen LogP contribution in [0.1, 0.15) is 29.8 Å². The van der Waals surface area contributed by atoms with E-state index in [0.717, 1.165) is 28.5 Å². The Balaban J connectivity index is 1.65. The van der Waals surface area contributed by atoms with E-state index < -0.39 is 0 Å². The third-order valence-corrected chi connectivity index (χ3v) is 4.26.